The predicted octanol–water partition coefficient (Wildman–Crippen LogP) is 1.99. The van der Waals surface area contributed by atoms with E-state index in [9.17, 15) is 4.39 Å². The van der Waals surface area contributed by atoms with Crippen molar-refractivity contribution in [2.75, 3.05) is 13.7 Å². The Kier molecular flexibility index (Phi) is 3.51. The summed E-state index contributed by atoms with van der Waals surface area (Å²) in [5, 5.41) is 0.329. The number of rotatable bonds is 3. The van der Waals surface area contributed by atoms with Gasteiger partial charge in [-0.2, -0.15) is 0 Å². The van der Waals surface area contributed by atoms with Crippen LogP contribution in [0.1, 0.15) is 5.56 Å². The van der Waals surface area contributed by atoms with E-state index in [1.54, 1.807) is 6.07 Å². The first-order valence-electron chi connectivity index (χ1n) is 3.91. The maximum atomic E-state index is 13.3. The van der Waals surface area contributed by atoms with E-state index in [-0.39, 0.29) is 5.82 Å². The van der Waals surface area contributed by atoms with E-state index in [4.69, 9.17) is 22.1 Å². The van der Waals surface area contributed by atoms with Gasteiger partial charge in [0, 0.05) is 10.6 Å². The molecule has 0 aliphatic heterocycles. The zero-order valence-electron chi connectivity index (χ0n) is 7.31. The number of hydrogen-bond donors (Lipinski definition) is 1. The second kappa shape index (κ2) is 4.44. The molecule has 72 valence electrons. The molecule has 0 amide bonds. The summed E-state index contributed by atoms with van der Waals surface area (Å²) < 4.78 is 18.2. The smallest absolute Gasteiger partial charge is 0.131 e. The van der Waals surface area contributed by atoms with Crippen LogP contribution in [-0.2, 0) is 6.42 Å². The summed E-state index contributed by atoms with van der Waals surface area (Å²) in [5.41, 5.74) is 5.82. The van der Waals surface area contributed by atoms with Crippen molar-refractivity contribution in [3.63, 3.8) is 0 Å². The lowest BCUT2D eigenvalue weighted by Gasteiger charge is -2.08. The Balaban J connectivity index is 3.13. The predicted molar refractivity (Wildman–Crippen MR) is 50.7 cm³/mol. The maximum absolute atomic E-state index is 13.3. The lowest BCUT2D eigenvalue weighted by atomic mass is 10.1. The fourth-order valence-corrected chi connectivity index (χ4v) is 1.34. The van der Waals surface area contributed by atoms with Gasteiger partial charge in [-0.15, -0.1) is 0 Å². The second-order valence-electron chi connectivity index (χ2n) is 2.61. The van der Waals surface area contributed by atoms with Gasteiger partial charge in [-0.05, 0) is 25.1 Å². The van der Waals surface area contributed by atoms with Gasteiger partial charge in [-0.1, -0.05) is 11.6 Å². The molecule has 2 N–H and O–H groups in total. The van der Waals surface area contributed by atoms with E-state index in [1.165, 1.54) is 13.2 Å². The zero-order valence-corrected chi connectivity index (χ0v) is 8.07. The SMILES string of the molecule is COc1cc(Cl)cc(F)c1CCN. The summed E-state index contributed by atoms with van der Waals surface area (Å²) in [5.74, 6) is 0.0882. The minimum Gasteiger partial charge on any atom is -0.496 e. The number of benzene rings is 1. The van der Waals surface area contributed by atoms with E-state index in [1.807, 2.05) is 0 Å². The van der Waals surface area contributed by atoms with Gasteiger partial charge >= 0.3 is 0 Å². The van der Waals surface area contributed by atoms with Crippen LogP contribution >= 0.6 is 11.6 Å². The van der Waals surface area contributed by atoms with E-state index in [0.717, 1.165) is 0 Å². The van der Waals surface area contributed by atoms with Gasteiger partial charge in [0.2, 0.25) is 0 Å². The molecule has 13 heavy (non-hydrogen) atoms. The van der Waals surface area contributed by atoms with Crippen molar-refractivity contribution in [3.8, 4) is 5.75 Å². The molecule has 0 fully saturated rings. The van der Waals surface area contributed by atoms with Crippen LogP contribution in [0.25, 0.3) is 0 Å². The fraction of sp³-hybridized carbons (Fsp3) is 0.333. The highest BCUT2D eigenvalue weighted by Gasteiger charge is 2.09. The molecule has 0 spiro atoms. The van der Waals surface area contributed by atoms with E-state index >= 15 is 0 Å². The lowest BCUT2D eigenvalue weighted by Crippen LogP contribution is -2.06. The van der Waals surface area contributed by atoms with Gasteiger partial charge in [0.15, 0.2) is 0 Å². The Morgan fingerprint density at radius 2 is 2.23 bits per heavy atom. The first kappa shape index (κ1) is 10.3. The molecule has 0 heterocycles. The molecule has 0 saturated carbocycles. The number of methoxy groups -OCH3 is 1. The van der Waals surface area contributed by atoms with E-state index in [0.29, 0.717) is 29.3 Å². The number of nitrogens with two attached hydrogens (primary N) is 1. The average Bonchev–Trinajstić information content (AvgIpc) is 2.09. The molecule has 1 aromatic carbocycles. The van der Waals surface area contributed by atoms with Gasteiger partial charge in [0.25, 0.3) is 0 Å². The fourth-order valence-electron chi connectivity index (χ4n) is 1.15. The van der Waals surface area contributed by atoms with Crippen LogP contribution < -0.4 is 10.5 Å². The lowest BCUT2D eigenvalue weighted by molar-refractivity contribution is 0.404. The summed E-state index contributed by atoms with van der Waals surface area (Å²) in [6.45, 7) is 0.384. The van der Waals surface area contributed by atoms with Crippen molar-refractivity contribution < 1.29 is 9.13 Å². The molecule has 1 aromatic rings. The quantitative estimate of drug-likeness (QED) is 0.816. The van der Waals surface area contributed by atoms with Crippen LogP contribution in [0.5, 0.6) is 5.75 Å². The number of halogens is 2. The Hall–Kier alpha value is -0.800. The van der Waals surface area contributed by atoms with Crippen LogP contribution in [0.2, 0.25) is 5.02 Å². The molecule has 0 aliphatic carbocycles. The molecule has 1 rings (SSSR count). The minimum absolute atomic E-state index is 0.329. The average molecular weight is 204 g/mol. The van der Waals surface area contributed by atoms with Crippen LogP contribution in [-0.4, -0.2) is 13.7 Å². The number of hydrogen-bond acceptors (Lipinski definition) is 2. The first-order valence-corrected chi connectivity index (χ1v) is 4.28. The van der Waals surface area contributed by atoms with Crippen LogP contribution in [0.15, 0.2) is 12.1 Å². The van der Waals surface area contributed by atoms with Gasteiger partial charge in [0.1, 0.15) is 11.6 Å². The topological polar surface area (TPSA) is 35.2 Å². The normalized spacial score (nSPS) is 10.2. The Morgan fingerprint density at radius 1 is 1.54 bits per heavy atom. The summed E-state index contributed by atoms with van der Waals surface area (Å²) in [4.78, 5) is 0. The van der Waals surface area contributed by atoms with Gasteiger partial charge in [0.05, 0.1) is 7.11 Å². The number of ether oxygens (including phenoxy) is 1. The first-order chi connectivity index (χ1) is 6.19. The largest absolute Gasteiger partial charge is 0.496 e. The molecule has 0 atom stereocenters. The summed E-state index contributed by atoms with van der Waals surface area (Å²) in [6.07, 6.45) is 0.451. The molecular formula is C9H11ClFNO. The molecule has 0 radical (unpaired) electrons. The molecule has 4 heteroatoms. The Bertz CT molecular complexity index is 304. The highest BCUT2D eigenvalue weighted by atomic mass is 35.5. The molecule has 0 aromatic heterocycles. The van der Waals surface area contributed by atoms with Gasteiger partial charge in [-0.25, -0.2) is 4.39 Å². The second-order valence-corrected chi connectivity index (χ2v) is 3.04. The van der Waals surface area contributed by atoms with E-state index in [2.05, 4.69) is 0 Å². The zero-order chi connectivity index (χ0) is 9.84. The van der Waals surface area contributed by atoms with Gasteiger partial charge < -0.3 is 10.5 Å². The third kappa shape index (κ3) is 2.32. The molecule has 0 bridgehead atoms. The highest BCUT2D eigenvalue weighted by Crippen LogP contribution is 2.26. The van der Waals surface area contributed by atoms with E-state index < -0.39 is 0 Å². The van der Waals surface area contributed by atoms with Crippen molar-refractivity contribution in [3.05, 3.63) is 28.5 Å². The van der Waals surface area contributed by atoms with Crippen molar-refractivity contribution in [1.82, 2.24) is 0 Å². The van der Waals surface area contributed by atoms with Crippen molar-refractivity contribution >= 4 is 11.6 Å². The van der Waals surface area contributed by atoms with Gasteiger partial charge in [-0.3, -0.25) is 0 Å². The molecule has 0 saturated heterocycles. The maximum Gasteiger partial charge on any atom is 0.131 e. The third-order valence-corrected chi connectivity index (χ3v) is 1.95. The minimum atomic E-state index is -0.366. The molecule has 2 nitrogen and oxygen atoms in total. The standard InChI is InChI=1S/C9H11ClFNO/c1-13-9-5-6(10)4-8(11)7(9)2-3-12/h4-5H,2-3,12H2,1H3. The molecule has 0 aliphatic rings. The molecular weight excluding hydrogens is 193 g/mol. The van der Waals surface area contributed by atoms with Crippen molar-refractivity contribution in [2.45, 2.75) is 6.42 Å². The van der Waals surface area contributed by atoms with Crippen LogP contribution in [0.3, 0.4) is 0 Å². The Labute approximate surface area is 81.4 Å². The van der Waals surface area contributed by atoms with Crippen LogP contribution in [0, 0.1) is 5.82 Å². The monoisotopic (exact) mass is 203 g/mol. The third-order valence-electron chi connectivity index (χ3n) is 1.73. The van der Waals surface area contributed by atoms with Crippen molar-refractivity contribution in [2.24, 2.45) is 5.73 Å². The summed E-state index contributed by atoms with van der Waals surface area (Å²) in [7, 11) is 1.48. The molecule has 0 unspecified atom stereocenters. The Morgan fingerprint density at radius 3 is 2.77 bits per heavy atom. The van der Waals surface area contributed by atoms with Crippen molar-refractivity contribution in [1.29, 1.82) is 0 Å². The summed E-state index contributed by atoms with van der Waals surface area (Å²) in [6, 6.07) is 2.84. The summed E-state index contributed by atoms with van der Waals surface area (Å²) >= 11 is 5.65. The highest BCUT2D eigenvalue weighted by molar-refractivity contribution is 6.30. The van der Waals surface area contributed by atoms with Crippen LogP contribution in [0.4, 0.5) is 4.39 Å².